The van der Waals surface area contributed by atoms with E-state index in [-0.39, 0.29) is 18.6 Å². The van der Waals surface area contributed by atoms with E-state index in [0.29, 0.717) is 18.6 Å². The van der Waals surface area contributed by atoms with Crippen molar-refractivity contribution in [3.05, 3.63) is 28.7 Å². The summed E-state index contributed by atoms with van der Waals surface area (Å²) in [5.41, 5.74) is -0.883. The topological polar surface area (TPSA) is 75.6 Å². The molecule has 1 fully saturated rings. The lowest BCUT2D eigenvalue weighted by atomic mass is 9.85. The molecule has 114 valence electrons. The molecule has 1 aromatic rings. The van der Waals surface area contributed by atoms with Crippen LogP contribution in [0, 0.1) is 5.41 Å². The number of aliphatic carboxylic acids is 1. The molecule has 1 saturated carbocycles. The molecule has 0 bridgehead atoms. The molecule has 2 N–H and O–H groups in total. The summed E-state index contributed by atoms with van der Waals surface area (Å²) >= 11 is 3.33. The number of benzene rings is 1. The minimum absolute atomic E-state index is 0.122. The smallest absolute Gasteiger partial charge is 0.311 e. The number of halogens is 1. The van der Waals surface area contributed by atoms with Crippen molar-refractivity contribution in [3.63, 3.8) is 0 Å². The van der Waals surface area contributed by atoms with E-state index < -0.39 is 11.4 Å². The van der Waals surface area contributed by atoms with Crippen molar-refractivity contribution < 1.29 is 19.4 Å². The van der Waals surface area contributed by atoms with Crippen LogP contribution >= 0.6 is 15.9 Å². The zero-order chi connectivity index (χ0) is 15.5. The van der Waals surface area contributed by atoms with Gasteiger partial charge in [0.15, 0.2) is 6.61 Å². The maximum Gasteiger partial charge on any atom is 0.311 e. The molecular weight excluding hydrogens is 338 g/mol. The van der Waals surface area contributed by atoms with Crippen LogP contribution in [0.3, 0.4) is 0 Å². The fourth-order valence-corrected chi connectivity index (χ4v) is 2.97. The van der Waals surface area contributed by atoms with Crippen LogP contribution in [0.1, 0.15) is 26.2 Å². The molecule has 0 spiro atoms. The summed E-state index contributed by atoms with van der Waals surface area (Å²) in [6.07, 6.45) is 2.07. The average Bonchev–Trinajstić information content (AvgIpc) is 2.79. The van der Waals surface area contributed by atoms with Crippen LogP contribution in [0.2, 0.25) is 0 Å². The summed E-state index contributed by atoms with van der Waals surface area (Å²) < 4.78 is 6.27. The van der Waals surface area contributed by atoms with E-state index in [1.54, 1.807) is 19.1 Å². The highest BCUT2D eigenvalue weighted by Gasteiger charge is 2.45. The quantitative estimate of drug-likeness (QED) is 0.850. The van der Waals surface area contributed by atoms with Crippen molar-refractivity contribution in [2.75, 3.05) is 6.61 Å². The van der Waals surface area contributed by atoms with E-state index in [1.807, 2.05) is 12.1 Å². The summed E-state index contributed by atoms with van der Waals surface area (Å²) in [5, 5.41) is 12.1. The number of carboxylic acids is 1. The normalized spacial score (nSPS) is 24.6. The molecule has 2 rings (SSSR count). The van der Waals surface area contributed by atoms with E-state index in [1.165, 1.54) is 0 Å². The van der Waals surface area contributed by atoms with Gasteiger partial charge in [0.1, 0.15) is 5.75 Å². The molecule has 0 heterocycles. The molecule has 5 nitrogen and oxygen atoms in total. The SMILES string of the molecule is CC1(C(=O)O)CCCC1NC(=O)COc1cccc(Br)c1. The van der Waals surface area contributed by atoms with Gasteiger partial charge < -0.3 is 15.2 Å². The Balaban J connectivity index is 1.89. The van der Waals surface area contributed by atoms with Crippen molar-refractivity contribution in [1.82, 2.24) is 5.32 Å². The maximum atomic E-state index is 11.9. The van der Waals surface area contributed by atoms with Crippen molar-refractivity contribution in [2.45, 2.75) is 32.2 Å². The van der Waals surface area contributed by atoms with E-state index in [4.69, 9.17) is 4.74 Å². The summed E-state index contributed by atoms with van der Waals surface area (Å²) in [7, 11) is 0. The van der Waals surface area contributed by atoms with E-state index >= 15 is 0 Å². The predicted octanol–water partition coefficient (Wildman–Crippen LogP) is 2.59. The third-order valence-electron chi connectivity index (χ3n) is 3.95. The Morgan fingerprint density at radius 3 is 2.95 bits per heavy atom. The van der Waals surface area contributed by atoms with Crippen LogP contribution in [0.15, 0.2) is 28.7 Å². The highest BCUT2D eigenvalue weighted by atomic mass is 79.9. The lowest BCUT2D eigenvalue weighted by molar-refractivity contribution is -0.149. The van der Waals surface area contributed by atoms with Gasteiger partial charge in [-0.15, -0.1) is 0 Å². The molecule has 1 amide bonds. The number of carbonyl (C=O) groups is 2. The Hall–Kier alpha value is -1.56. The van der Waals surface area contributed by atoms with Gasteiger partial charge in [0.2, 0.25) is 0 Å². The fraction of sp³-hybridized carbons (Fsp3) is 0.467. The average molecular weight is 356 g/mol. The van der Waals surface area contributed by atoms with Gasteiger partial charge in [-0.05, 0) is 38.0 Å². The molecule has 0 aromatic heterocycles. The number of rotatable bonds is 5. The minimum atomic E-state index is -0.883. The second-order valence-corrected chi connectivity index (χ2v) is 6.40. The molecular formula is C15H18BrNO4. The van der Waals surface area contributed by atoms with Crippen LogP contribution in [0.4, 0.5) is 0 Å². The van der Waals surface area contributed by atoms with Crippen LogP contribution in [-0.2, 0) is 9.59 Å². The van der Waals surface area contributed by atoms with Gasteiger partial charge in [0.25, 0.3) is 5.91 Å². The second-order valence-electron chi connectivity index (χ2n) is 5.48. The molecule has 1 aromatic carbocycles. The van der Waals surface area contributed by atoms with Crippen LogP contribution in [0.5, 0.6) is 5.75 Å². The van der Waals surface area contributed by atoms with Gasteiger partial charge >= 0.3 is 5.97 Å². The first-order chi connectivity index (χ1) is 9.91. The maximum absolute atomic E-state index is 11.9. The largest absolute Gasteiger partial charge is 0.484 e. The molecule has 21 heavy (non-hydrogen) atoms. The number of hydrogen-bond acceptors (Lipinski definition) is 3. The number of hydrogen-bond donors (Lipinski definition) is 2. The molecule has 6 heteroatoms. The van der Waals surface area contributed by atoms with Crippen LogP contribution < -0.4 is 10.1 Å². The second kappa shape index (κ2) is 6.47. The lowest BCUT2D eigenvalue weighted by Crippen LogP contribution is -2.48. The number of nitrogens with one attached hydrogen (secondary N) is 1. The third-order valence-corrected chi connectivity index (χ3v) is 4.44. The summed E-state index contributed by atoms with van der Waals surface area (Å²) in [4.78, 5) is 23.3. The molecule has 1 aliphatic rings. The van der Waals surface area contributed by atoms with Gasteiger partial charge in [0.05, 0.1) is 5.41 Å². The van der Waals surface area contributed by atoms with Gasteiger partial charge in [-0.3, -0.25) is 9.59 Å². The van der Waals surface area contributed by atoms with Crippen molar-refractivity contribution >= 4 is 27.8 Å². The first kappa shape index (κ1) is 15.8. The molecule has 0 radical (unpaired) electrons. The van der Waals surface area contributed by atoms with E-state index in [9.17, 15) is 14.7 Å². The van der Waals surface area contributed by atoms with Gasteiger partial charge in [-0.1, -0.05) is 28.4 Å². The first-order valence-corrected chi connectivity index (χ1v) is 7.62. The van der Waals surface area contributed by atoms with E-state index in [2.05, 4.69) is 21.2 Å². The molecule has 1 aliphatic carbocycles. The monoisotopic (exact) mass is 355 g/mol. The molecule has 2 atom stereocenters. The Morgan fingerprint density at radius 2 is 2.29 bits per heavy atom. The van der Waals surface area contributed by atoms with Crippen LogP contribution in [-0.4, -0.2) is 29.6 Å². The zero-order valence-electron chi connectivity index (χ0n) is 11.8. The van der Waals surface area contributed by atoms with Gasteiger partial charge in [-0.25, -0.2) is 0 Å². The summed E-state index contributed by atoms with van der Waals surface area (Å²) in [5.74, 6) is -0.570. The first-order valence-electron chi connectivity index (χ1n) is 6.83. The Morgan fingerprint density at radius 1 is 1.52 bits per heavy atom. The minimum Gasteiger partial charge on any atom is -0.484 e. The number of carboxylic acid groups (broad SMARTS) is 1. The predicted molar refractivity (Wildman–Crippen MR) is 81.2 cm³/mol. The van der Waals surface area contributed by atoms with Crippen molar-refractivity contribution in [1.29, 1.82) is 0 Å². The molecule has 2 unspecified atom stereocenters. The number of amides is 1. The third kappa shape index (κ3) is 3.75. The zero-order valence-corrected chi connectivity index (χ0v) is 13.4. The van der Waals surface area contributed by atoms with Gasteiger partial charge in [0, 0.05) is 10.5 Å². The highest BCUT2D eigenvalue weighted by molar-refractivity contribution is 9.10. The Kier molecular flexibility index (Phi) is 4.88. The highest BCUT2D eigenvalue weighted by Crippen LogP contribution is 2.38. The standard InChI is InChI=1S/C15H18BrNO4/c1-15(14(19)20)7-3-6-12(15)17-13(18)9-21-11-5-2-4-10(16)8-11/h2,4-5,8,12H,3,6-7,9H2,1H3,(H,17,18)(H,19,20). The van der Waals surface area contributed by atoms with E-state index in [0.717, 1.165) is 10.9 Å². The van der Waals surface area contributed by atoms with Gasteiger partial charge in [-0.2, -0.15) is 0 Å². The number of carbonyl (C=O) groups excluding carboxylic acids is 1. The number of ether oxygens (including phenoxy) is 1. The lowest BCUT2D eigenvalue weighted by Gasteiger charge is -2.27. The van der Waals surface area contributed by atoms with Crippen molar-refractivity contribution in [2.24, 2.45) is 5.41 Å². The summed E-state index contributed by atoms with van der Waals surface area (Å²) in [6, 6.07) is 6.87. The Labute approximate surface area is 131 Å². The Bertz CT molecular complexity index is 548. The molecule has 0 aliphatic heterocycles. The fourth-order valence-electron chi connectivity index (χ4n) is 2.60. The van der Waals surface area contributed by atoms with Crippen molar-refractivity contribution in [3.8, 4) is 5.75 Å². The molecule has 0 saturated heterocycles. The summed E-state index contributed by atoms with van der Waals surface area (Å²) in [6.45, 7) is 1.56. The van der Waals surface area contributed by atoms with Crippen LogP contribution in [0.25, 0.3) is 0 Å².